The molecule has 7 heteroatoms. The van der Waals surface area contributed by atoms with E-state index < -0.39 is 0 Å². The Morgan fingerprint density at radius 3 is 2.68 bits per heavy atom. The van der Waals surface area contributed by atoms with Gasteiger partial charge in [-0.2, -0.15) is 0 Å². The van der Waals surface area contributed by atoms with Crippen molar-refractivity contribution in [2.24, 2.45) is 0 Å². The summed E-state index contributed by atoms with van der Waals surface area (Å²) in [7, 11) is 1.95. The first kappa shape index (κ1) is 18.6. The SMILES string of the molecule is CN(CCC(=O)N1CCC(=O)CC1)c1ncnc2sc(-c3ccccc3)cc12. The van der Waals surface area contributed by atoms with E-state index in [1.54, 1.807) is 22.6 Å². The fourth-order valence-electron chi connectivity index (χ4n) is 3.42. The fourth-order valence-corrected chi connectivity index (χ4v) is 4.42. The molecule has 0 saturated carbocycles. The summed E-state index contributed by atoms with van der Waals surface area (Å²) in [6.45, 7) is 1.67. The molecule has 1 saturated heterocycles. The number of carbonyl (C=O) groups is 2. The van der Waals surface area contributed by atoms with Gasteiger partial charge in [-0.1, -0.05) is 30.3 Å². The number of Topliss-reactive ketones (excluding diaryl/α,β-unsaturated/α-hetero) is 1. The van der Waals surface area contributed by atoms with E-state index in [0.29, 0.717) is 38.9 Å². The third-order valence-electron chi connectivity index (χ3n) is 5.06. The zero-order valence-corrected chi connectivity index (χ0v) is 16.6. The zero-order valence-electron chi connectivity index (χ0n) is 15.8. The van der Waals surface area contributed by atoms with Crippen LogP contribution in [-0.4, -0.2) is 53.2 Å². The number of fused-ring (bicyclic) bond motifs is 1. The molecule has 0 N–H and O–H groups in total. The molecule has 144 valence electrons. The molecule has 3 heterocycles. The zero-order chi connectivity index (χ0) is 19.5. The quantitative estimate of drug-likeness (QED) is 0.664. The number of thiophene rings is 1. The first-order chi connectivity index (χ1) is 13.6. The average Bonchev–Trinajstić information content (AvgIpc) is 3.17. The van der Waals surface area contributed by atoms with Crippen molar-refractivity contribution in [2.75, 3.05) is 31.6 Å². The van der Waals surface area contributed by atoms with Crippen molar-refractivity contribution in [3.05, 3.63) is 42.7 Å². The largest absolute Gasteiger partial charge is 0.359 e. The van der Waals surface area contributed by atoms with Gasteiger partial charge < -0.3 is 9.80 Å². The Morgan fingerprint density at radius 2 is 1.93 bits per heavy atom. The molecule has 28 heavy (non-hydrogen) atoms. The van der Waals surface area contributed by atoms with Gasteiger partial charge in [0.05, 0.1) is 5.39 Å². The van der Waals surface area contributed by atoms with Gasteiger partial charge in [-0.15, -0.1) is 11.3 Å². The van der Waals surface area contributed by atoms with E-state index in [1.807, 2.05) is 30.1 Å². The van der Waals surface area contributed by atoms with Crippen LogP contribution in [0.15, 0.2) is 42.7 Å². The molecule has 0 spiro atoms. The van der Waals surface area contributed by atoms with Crippen LogP contribution in [0.25, 0.3) is 20.7 Å². The van der Waals surface area contributed by atoms with E-state index in [9.17, 15) is 9.59 Å². The summed E-state index contributed by atoms with van der Waals surface area (Å²) in [5, 5.41) is 1.00. The van der Waals surface area contributed by atoms with E-state index >= 15 is 0 Å². The molecular weight excluding hydrogens is 372 g/mol. The third kappa shape index (κ3) is 3.89. The van der Waals surface area contributed by atoms with Crippen LogP contribution >= 0.6 is 11.3 Å². The summed E-state index contributed by atoms with van der Waals surface area (Å²) in [6, 6.07) is 12.4. The minimum absolute atomic E-state index is 0.0972. The molecule has 0 radical (unpaired) electrons. The Bertz CT molecular complexity index is 992. The van der Waals surface area contributed by atoms with Crippen molar-refractivity contribution in [3.63, 3.8) is 0 Å². The normalized spacial score (nSPS) is 14.5. The number of nitrogens with zero attached hydrogens (tertiary/aromatic N) is 4. The monoisotopic (exact) mass is 394 g/mol. The lowest BCUT2D eigenvalue weighted by Gasteiger charge is -2.27. The van der Waals surface area contributed by atoms with Crippen LogP contribution in [0, 0.1) is 0 Å². The molecule has 1 fully saturated rings. The van der Waals surface area contributed by atoms with Gasteiger partial charge in [0.1, 0.15) is 22.8 Å². The molecule has 1 amide bonds. The van der Waals surface area contributed by atoms with Gasteiger partial charge in [0.15, 0.2) is 0 Å². The summed E-state index contributed by atoms with van der Waals surface area (Å²) in [4.78, 5) is 38.6. The predicted octanol–water partition coefficient (Wildman–Crippen LogP) is 3.38. The third-order valence-corrected chi connectivity index (χ3v) is 6.16. The minimum atomic E-state index is 0.0972. The Morgan fingerprint density at radius 1 is 1.18 bits per heavy atom. The number of amides is 1. The topological polar surface area (TPSA) is 66.4 Å². The summed E-state index contributed by atoms with van der Waals surface area (Å²) in [5.74, 6) is 1.18. The number of carbonyl (C=O) groups excluding carboxylic acids is 2. The molecule has 1 aliphatic rings. The maximum Gasteiger partial charge on any atom is 0.224 e. The highest BCUT2D eigenvalue weighted by molar-refractivity contribution is 7.21. The number of benzene rings is 1. The molecule has 0 atom stereocenters. The molecule has 1 aliphatic heterocycles. The Balaban J connectivity index is 1.48. The van der Waals surface area contributed by atoms with Crippen molar-refractivity contribution >= 4 is 39.1 Å². The van der Waals surface area contributed by atoms with E-state index in [2.05, 4.69) is 28.2 Å². The number of piperidine rings is 1. The highest BCUT2D eigenvalue weighted by Gasteiger charge is 2.21. The maximum atomic E-state index is 12.5. The molecule has 0 bridgehead atoms. The first-order valence-electron chi connectivity index (χ1n) is 9.42. The van der Waals surface area contributed by atoms with Gasteiger partial charge >= 0.3 is 0 Å². The molecule has 6 nitrogen and oxygen atoms in total. The van der Waals surface area contributed by atoms with Crippen molar-refractivity contribution in [1.29, 1.82) is 0 Å². The molecular formula is C21H22N4O2S. The average molecular weight is 395 g/mol. The van der Waals surface area contributed by atoms with Gasteiger partial charge in [0.25, 0.3) is 0 Å². The van der Waals surface area contributed by atoms with Crippen molar-refractivity contribution in [2.45, 2.75) is 19.3 Å². The van der Waals surface area contributed by atoms with Crippen molar-refractivity contribution in [1.82, 2.24) is 14.9 Å². The van der Waals surface area contributed by atoms with E-state index in [-0.39, 0.29) is 11.7 Å². The molecule has 2 aromatic heterocycles. The number of likely N-dealkylation sites (tertiary alicyclic amines) is 1. The second kappa shape index (κ2) is 8.06. The van der Waals surface area contributed by atoms with Crippen LogP contribution in [0.1, 0.15) is 19.3 Å². The van der Waals surface area contributed by atoms with Crippen LogP contribution in [0.4, 0.5) is 5.82 Å². The van der Waals surface area contributed by atoms with Crippen LogP contribution in [-0.2, 0) is 9.59 Å². The van der Waals surface area contributed by atoms with Crippen LogP contribution in [0.5, 0.6) is 0 Å². The Kier molecular flexibility index (Phi) is 5.34. The maximum absolute atomic E-state index is 12.5. The fraction of sp³-hybridized carbons (Fsp3) is 0.333. The number of rotatable bonds is 5. The summed E-state index contributed by atoms with van der Waals surface area (Å²) < 4.78 is 0. The number of hydrogen-bond donors (Lipinski definition) is 0. The second-order valence-electron chi connectivity index (χ2n) is 6.98. The van der Waals surface area contributed by atoms with E-state index in [0.717, 1.165) is 26.5 Å². The molecule has 3 aromatic rings. The summed E-state index contributed by atoms with van der Waals surface area (Å²) in [5.41, 5.74) is 1.16. The lowest BCUT2D eigenvalue weighted by Crippen LogP contribution is -2.39. The van der Waals surface area contributed by atoms with Crippen molar-refractivity contribution in [3.8, 4) is 10.4 Å². The highest BCUT2D eigenvalue weighted by Crippen LogP contribution is 2.35. The summed E-state index contributed by atoms with van der Waals surface area (Å²) in [6.07, 6.45) is 2.94. The van der Waals surface area contributed by atoms with Gasteiger partial charge in [0, 0.05) is 50.8 Å². The van der Waals surface area contributed by atoms with Gasteiger partial charge in [-0.05, 0) is 11.6 Å². The van der Waals surface area contributed by atoms with E-state index in [1.165, 1.54) is 0 Å². The predicted molar refractivity (Wildman–Crippen MR) is 112 cm³/mol. The lowest BCUT2D eigenvalue weighted by molar-refractivity contribution is -0.134. The highest BCUT2D eigenvalue weighted by atomic mass is 32.1. The lowest BCUT2D eigenvalue weighted by atomic mass is 10.1. The minimum Gasteiger partial charge on any atom is -0.359 e. The van der Waals surface area contributed by atoms with Crippen LogP contribution in [0.3, 0.4) is 0 Å². The smallest absolute Gasteiger partial charge is 0.224 e. The standard InChI is InChI=1S/C21H22N4O2S/c1-24(10-9-19(27)25-11-7-16(26)8-12-25)20-17-13-18(15-5-3-2-4-6-15)28-21(17)23-14-22-20/h2-6,13-14H,7-12H2,1H3. The molecule has 0 unspecified atom stereocenters. The Labute approximate surface area is 167 Å². The molecule has 1 aromatic carbocycles. The van der Waals surface area contributed by atoms with E-state index in [4.69, 9.17) is 0 Å². The molecule has 4 rings (SSSR count). The number of hydrogen-bond acceptors (Lipinski definition) is 6. The van der Waals surface area contributed by atoms with Gasteiger partial charge in [0.2, 0.25) is 5.91 Å². The first-order valence-corrected chi connectivity index (χ1v) is 10.2. The second-order valence-corrected chi connectivity index (χ2v) is 8.01. The van der Waals surface area contributed by atoms with Gasteiger partial charge in [-0.25, -0.2) is 9.97 Å². The number of ketones is 1. The Hall–Kier alpha value is -2.80. The number of anilines is 1. The van der Waals surface area contributed by atoms with Crippen LogP contribution < -0.4 is 4.90 Å². The molecule has 0 aliphatic carbocycles. The van der Waals surface area contributed by atoms with Crippen LogP contribution in [0.2, 0.25) is 0 Å². The van der Waals surface area contributed by atoms with Crippen molar-refractivity contribution < 1.29 is 9.59 Å². The number of aromatic nitrogens is 2. The summed E-state index contributed by atoms with van der Waals surface area (Å²) >= 11 is 1.64. The van der Waals surface area contributed by atoms with Gasteiger partial charge in [-0.3, -0.25) is 9.59 Å².